The van der Waals surface area contributed by atoms with Gasteiger partial charge in [-0.3, -0.25) is 0 Å². The largest absolute Gasteiger partial charge is 0.474 e. The number of nitrogens with one attached hydrogen (secondary N) is 1. The zero-order chi connectivity index (χ0) is 22.1. The Labute approximate surface area is 184 Å². The molecule has 0 aliphatic carbocycles. The zero-order valence-electron chi connectivity index (χ0n) is 17.5. The molecule has 5 rings (SSSR count). The van der Waals surface area contributed by atoms with E-state index in [4.69, 9.17) is 0 Å². The third kappa shape index (κ3) is 3.10. The summed E-state index contributed by atoms with van der Waals surface area (Å²) in [5.41, 5.74) is 4.21. The van der Waals surface area contributed by atoms with Gasteiger partial charge in [0.2, 0.25) is 0 Å². The first-order chi connectivity index (χ1) is 15.6. The predicted octanol–water partition coefficient (Wildman–Crippen LogP) is 3.34. The van der Waals surface area contributed by atoms with Crippen molar-refractivity contribution in [1.29, 1.82) is 0 Å². The Hall–Kier alpha value is -4.11. The molecule has 2 aromatic carbocycles. The molecule has 0 spiro atoms. The first kappa shape index (κ1) is 19.8. The number of rotatable bonds is 7. The highest BCUT2D eigenvalue weighted by Gasteiger charge is 2.52. The van der Waals surface area contributed by atoms with Gasteiger partial charge in [0.15, 0.2) is 5.82 Å². The summed E-state index contributed by atoms with van der Waals surface area (Å²) in [7, 11) is 0. The van der Waals surface area contributed by atoms with Crippen LogP contribution in [0.1, 0.15) is 18.9 Å². The highest BCUT2D eigenvalue weighted by molar-refractivity contribution is 5.97. The fraction of sp³-hybridized carbons (Fsp3) is 0.174. The van der Waals surface area contributed by atoms with Gasteiger partial charge in [0.05, 0.1) is 12.7 Å². The van der Waals surface area contributed by atoms with E-state index in [1.807, 2.05) is 65.8 Å². The monoisotopic (exact) mass is 428 g/mol. The predicted molar refractivity (Wildman–Crippen MR) is 118 cm³/mol. The van der Waals surface area contributed by atoms with Crippen LogP contribution in [0.15, 0.2) is 77.7 Å². The Morgan fingerprint density at radius 1 is 1.12 bits per heavy atom. The Balaban J connectivity index is 1.48. The first-order valence-corrected chi connectivity index (χ1v) is 10.4. The fourth-order valence-electron chi connectivity index (χ4n) is 4.36. The van der Waals surface area contributed by atoms with Crippen LogP contribution in [0.2, 0.25) is 0 Å². The van der Waals surface area contributed by atoms with Gasteiger partial charge < -0.3 is 5.11 Å². The fourth-order valence-corrected chi connectivity index (χ4v) is 4.36. The molecule has 3 heterocycles. The van der Waals surface area contributed by atoms with Crippen molar-refractivity contribution in [3.8, 4) is 22.5 Å². The summed E-state index contributed by atoms with van der Waals surface area (Å²) in [5, 5.41) is 26.1. The van der Waals surface area contributed by atoms with Crippen LogP contribution in [-0.4, -0.2) is 53.7 Å². The van der Waals surface area contributed by atoms with Crippen LogP contribution in [-0.2, 0) is 11.3 Å². The number of tetrazole rings is 1. The van der Waals surface area contributed by atoms with E-state index < -0.39 is 5.97 Å². The van der Waals surface area contributed by atoms with E-state index in [9.17, 15) is 9.90 Å². The second kappa shape index (κ2) is 7.86. The number of hydrogen-bond donors (Lipinski definition) is 2. The zero-order valence-corrected chi connectivity index (χ0v) is 17.5. The van der Waals surface area contributed by atoms with E-state index in [1.165, 1.54) is 6.20 Å². The van der Waals surface area contributed by atoms with Gasteiger partial charge in [-0.25, -0.2) is 14.9 Å². The number of carbonyl (C=O) groups is 1. The summed E-state index contributed by atoms with van der Waals surface area (Å²) in [4.78, 5) is 16.4. The average molecular weight is 428 g/mol. The molecular formula is C23H22N7O2+. The molecule has 1 atom stereocenters. The Bertz CT molecular complexity index is 1250. The molecule has 1 unspecified atom stereocenters. The molecule has 2 aliphatic rings. The molecular weight excluding hydrogens is 406 g/mol. The van der Waals surface area contributed by atoms with Crippen LogP contribution in [0.3, 0.4) is 0 Å². The van der Waals surface area contributed by atoms with E-state index in [0.717, 1.165) is 41.1 Å². The molecule has 0 bridgehead atoms. The van der Waals surface area contributed by atoms with E-state index in [0.29, 0.717) is 12.4 Å². The van der Waals surface area contributed by atoms with Crippen molar-refractivity contribution in [1.82, 2.24) is 25.6 Å². The number of hydrogen-bond acceptors (Lipinski definition) is 6. The van der Waals surface area contributed by atoms with Crippen molar-refractivity contribution in [2.75, 3.05) is 6.54 Å². The van der Waals surface area contributed by atoms with E-state index >= 15 is 0 Å². The second-order valence-electron chi connectivity index (χ2n) is 7.71. The molecule has 3 aromatic rings. The third-order valence-electron chi connectivity index (χ3n) is 5.81. The first-order valence-electron chi connectivity index (χ1n) is 10.4. The summed E-state index contributed by atoms with van der Waals surface area (Å²) in [6.45, 7) is 3.28. The number of aromatic nitrogens is 4. The quantitative estimate of drug-likeness (QED) is 0.559. The minimum Gasteiger partial charge on any atom is -0.474 e. The summed E-state index contributed by atoms with van der Waals surface area (Å²) in [5.74, 6) is 0.373. The smallest absolute Gasteiger partial charge is 0.395 e. The number of fused-ring (bicyclic) bond motifs is 1. The molecule has 0 amide bonds. The van der Waals surface area contributed by atoms with E-state index in [1.54, 1.807) is 0 Å². The number of benzene rings is 2. The van der Waals surface area contributed by atoms with Gasteiger partial charge in [-0.05, 0) is 28.0 Å². The standard InChI is InChI=1S/C23H21N7O2/c1-2-12-29-13-11-21-24-14-20(23(31)32)30(21,29)15-16-7-9-17(10-8-16)18-5-3-4-6-19(18)22-25-27-28-26-22/h3-11,13-14H,2,12,15H2,1H3,(H-,25,26,27,28,31,32)/p+1. The van der Waals surface area contributed by atoms with Crippen LogP contribution < -0.4 is 0 Å². The van der Waals surface area contributed by atoms with Crippen molar-refractivity contribution in [2.45, 2.75) is 19.9 Å². The normalized spacial score (nSPS) is 19.1. The SMILES string of the molecule is CCCN1C=CC2=NC=C(C(=O)O)[N+]21Cc1ccc(-c2ccccc2-c2nnn[nH]2)cc1. The Morgan fingerprint density at radius 3 is 2.59 bits per heavy atom. The number of nitrogens with zero attached hydrogens (tertiary/aromatic N) is 6. The number of quaternary nitrogens is 1. The lowest BCUT2D eigenvalue weighted by atomic mass is 9.98. The summed E-state index contributed by atoms with van der Waals surface area (Å²) in [6.07, 6.45) is 6.21. The van der Waals surface area contributed by atoms with Gasteiger partial charge in [-0.15, -0.1) is 9.69 Å². The van der Waals surface area contributed by atoms with Gasteiger partial charge in [0.25, 0.3) is 11.5 Å². The molecule has 9 nitrogen and oxygen atoms in total. The summed E-state index contributed by atoms with van der Waals surface area (Å²) in [6, 6.07) is 16.1. The lowest BCUT2D eigenvalue weighted by Crippen LogP contribution is -2.57. The van der Waals surface area contributed by atoms with Crippen LogP contribution in [0.25, 0.3) is 22.5 Å². The summed E-state index contributed by atoms with van der Waals surface area (Å²) >= 11 is 0. The Kier molecular flexibility index (Phi) is 4.87. The minimum absolute atomic E-state index is 0.0862. The van der Waals surface area contributed by atoms with Crippen molar-refractivity contribution >= 4 is 11.8 Å². The van der Waals surface area contributed by atoms with Crippen molar-refractivity contribution in [2.24, 2.45) is 4.99 Å². The number of aliphatic imine (C=N–C) groups is 1. The molecule has 2 aliphatic heterocycles. The average Bonchev–Trinajstić information content (AvgIpc) is 3.52. The maximum Gasteiger partial charge on any atom is 0.395 e. The number of aromatic amines is 1. The number of carboxylic acids is 1. The molecule has 1 aromatic heterocycles. The van der Waals surface area contributed by atoms with Crippen molar-refractivity contribution in [3.05, 3.63) is 78.3 Å². The molecule has 32 heavy (non-hydrogen) atoms. The topological polar surface area (TPSA) is 107 Å². The van der Waals surface area contributed by atoms with Crippen molar-refractivity contribution < 1.29 is 14.5 Å². The molecule has 2 N–H and O–H groups in total. The maximum absolute atomic E-state index is 12.0. The van der Waals surface area contributed by atoms with Crippen LogP contribution >= 0.6 is 0 Å². The number of aliphatic carboxylic acids is 1. The van der Waals surface area contributed by atoms with Crippen LogP contribution in [0.4, 0.5) is 0 Å². The van der Waals surface area contributed by atoms with Gasteiger partial charge in [0, 0.05) is 17.2 Å². The highest BCUT2D eigenvalue weighted by atomic mass is 16.4. The minimum atomic E-state index is -0.959. The Morgan fingerprint density at radius 2 is 1.91 bits per heavy atom. The molecule has 0 radical (unpaired) electrons. The molecule has 0 saturated carbocycles. The molecule has 9 heteroatoms. The van der Waals surface area contributed by atoms with E-state index in [2.05, 4.69) is 32.5 Å². The number of amidine groups is 1. The number of H-pyrrole nitrogens is 1. The summed E-state index contributed by atoms with van der Waals surface area (Å²) < 4.78 is 0.0862. The van der Waals surface area contributed by atoms with Crippen molar-refractivity contribution in [3.63, 3.8) is 0 Å². The van der Waals surface area contributed by atoms with Gasteiger partial charge in [0.1, 0.15) is 12.7 Å². The molecule has 0 fully saturated rings. The van der Waals surface area contributed by atoms with Gasteiger partial charge in [-0.2, -0.15) is 4.99 Å². The molecule has 160 valence electrons. The molecule has 0 saturated heterocycles. The lowest BCUT2D eigenvalue weighted by Gasteiger charge is -2.38. The maximum atomic E-state index is 12.0. The van der Waals surface area contributed by atoms with E-state index in [-0.39, 0.29) is 10.3 Å². The van der Waals surface area contributed by atoms with Crippen LogP contribution in [0.5, 0.6) is 0 Å². The second-order valence-corrected chi connectivity index (χ2v) is 7.71. The third-order valence-corrected chi connectivity index (χ3v) is 5.81. The van der Waals surface area contributed by atoms with Gasteiger partial charge >= 0.3 is 5.97 Å². The van der Waals surface area contributed by atoms with Crippen LogP contribution in [0, 0.1) is 0 Å². The highest BCUT2D eigenvalue weighted by Crippen LogP contribution is 2.37. The lowest BCUT2D eigenvalue weighted by molar-refractivity contribution is -0.919. The number of carboxylic acid groups (broad SMARTS) is 1. The van der Waals surface area contributed by atoms with Gasteiger partial charge in [-0.1, -0.05) is 55.5 Å².